The number of ether oxygens (including phenoxy) is 1. The average molecular weight is 416 g/mol. The van der Waals surface area contributed by atoms with Crippen LogP contribution in [0, 0.1) is 0 Å². The molecule has 1 N–H and O–H groups in total. The Labute approximate surface area is 174 Å². The maximum Gasteiger partial charge on any atom is 0.230 e. The lowest BCUT2D eigenvalue weighted by Crippen LogP contribution is -2.20. The van der Waals surface area contributed by atoms with Crippen LogP contribution in [0.3, 0.4) is 0 Å². The van der Waals surface area contributed by atoms with E-state index in [2.05, 4.69) is 10.3 Å². The first-order valence-corrected chi connectivity index (χ1v) is 9.85. The standard InChI is InChI=1S/C21H21N3O2S.ClH/c1-24-17(14-27-21(24)23-16-7-8-16)13-20(25)22-15-9-11-19(12-10-15)26-18-5-3-2-4-6-18;/h2-6,9-12,14,16H,7-8,13H2,1H3,(H,22,25);1H. The highest BCUT2D eigenvalue weighted by Crippen LogP contribution is 2.23. The van der Waals surface area contributed by atoms with E-state index in [9.17, 15) is 4.79 Å². The minimum Gasteiger partial charge on any atom is -0.457 e. The van der Waals surface area contributed by atoms with Gasteiger partial charge in [0.25, 0.3) is 0 Å². The van der Waals surface area contributed by atoms with E-state index in [-0.39, 0.29) is 18.3 Å². The van der Waals surface area contributed by atoms with Crippen molar-refractivity contribution in [1.29, 1.82) is 0 Å². The summed E-state index contributed by atoms with van der Waals surface area (Å²) < 4.78 is 7.78. The maximum atomic E-state index is 12.4. The number of halogens is 1. The van der Waals surface area contributed by atoms with Gasteiger partial charge in [0.1, 0.15) is 11.5 Å². The van der Waals surface area contributed by atoms with Crippen molar-refractivity contribution < 1.29 is 9.53 Å². The van der Waals surface area contributed by atoms with Gasteiger partial charge in [-0.05, 0) is 49.2 Å². The average Bonchev–Trinajstić information content (AvgIpc) is 3.44. The Balaban J connectivity index is 0.00000225. The number of hydrogen-bond donors (Lipinski definition) is 1. The van der Waals surface area contributed by atoms with Gasteiger partial charge in [-0.1, -0.05) is 18.2 Å². The maximum absolute atomic E-state index is 12.4. The fourth-order valence-electron chi connectivity index (χ4n) is 2.64. The van der Waals surface area contributed by atoms with Crippen molar-refractivity contribution in [3.8, 4) is 11.5 Å². The molecule has 0 spiro atoms. The molecule has 3 aromatic rings. The first-order valence-electron chi connectivity index (χ1n) is 8.97. The second-order valence-electron chi connectivity index (χ2n) is 6.59. The molecule has 1 aliphatic rings. The number of rotatable bonds is 6. The third kappa shape index (κ3) is 5.24. The van der Waals surface area contributed by atoms with Gasteiger partial charge in [0.15, 0.2) is 4.80 Å². The number of carbonyl (C=O) groups excluding carboxylic acids is 1. The molecular weight excluding hydrogens is 394 g/mol. The van der Waals surface area contributed by atoms with Gasteiger partial charge >= 0.3 is 0 Å². The van der Waals surface area contributed by atoms with E-state index in [0.717, 1.165) is 27.7 Å². The summed E-state index contributed by atoms with van der Waals surface area (Å²) in [7, 11) is 1.97. The molecule has 0 unspecified atom stereocenters. The number of nitrogens with zero attached hydrogens (tertiary/aromatic N) is 2. The largest absolute Gasteiger partial charge is 0.457 e. The lowest BCUT2D eigenvalue weighted by atomic mass is 10.2. The van der Waals surface area contributed by atoms with Crippen molar-refractivity contribution in [3.63, 3.8) is 0 Å². The van der Waals surface area contributed by atoms with Crippen molar-refractivity contribution in [2.24, 2.45) is 12.0 Å². The highest BCUT2D eigenvalue weighted by atomic mass is 35.5. The number of para-hydroxylation sites is 1. The summed E-state index contributed by atoms with van der Waals surface area (Å²) in [6.45, 7) is 0. The molecule has 0 atom stereocenters. The van der Waals surface area contributed by atoms with E-state index in [1.165, 1.54) is 12.8 Å². The smallest absolute Gasteiger partial charge is 0.230 e. The highest BCUT2D eigenvalue weighted by molar-refractivity contribution is 7.07. The van der Waals surface area contributed by atoms with E-state index < -0.39 is 0 Å². The number of benzene rings is 2. The summed E-state index contributed by atoms with van der Waals surface area (Å²) in [4.78, 5) is 18.0. The van der Waals surface area contributed by atoms with Crippen LogP contribution in [0.2, 0.25) is 0 Å². The zero-order valence-corrected chi connectivity index (χ0v) is 17.1. The molecule has 0 saturated heterocycles. The molecule has 4 rings (SSSR count). The Morgan fingerprint density at radius 3 is 2.50 bits per heavy atom. The first kappa shape index (κ1) is 20.2. The Bertz CT molecular complexity index is 992. The van der Waals surface area contributed by atoms with Gasteiger partial charge < -0.3 is 14.6 Å². The Morgan fingerprint density at radius 2 is 1.82 bits per heavy atom. The SMILES string of the molecule is Cl.Cn1c(CC(=O)Nc2ccc(Oc3ccccc3)cc2)csc1=NC1CC1. The van der Waals surface area contributed by atoms with Crippen LogP contribution in [0.4, 0.5) is 5.69 Å². The van der Waals surface area contributed by atoms with Gasteiger partial charge in [-0.2, -0.15) is 0 Å². The predicted octanol–water partition coefficient (Wildman–Crippen LogP) is 4.55. The molecule has 0 radical (unpaired) electrons. The summed E-state index contributed by atoms with van der Waals surface area (Å²) >= 11 is 1.60. The minimum atomic E-state index is -0.0434. The molecule has 1 saturated carbocycles. The topological polar surface area (TPSA) is 55.6 Å². The Hall–Kier alpha value is -2.57. The van der Waals surface area contributed by atoms with Gasteiger partial charge in [0.2, 0.25) is 5.91 Å². The zero-order valence-electron chi connectivity index (χ0n) is 15.5. The van der Waals surface area contributed by atoms with E-state index in [1.807, 2.05) is 71.6 Å². The lowest BCUT2D eigenvalue weighted by Gasteiger charge is -2.08. The molecule has 1 fully saturated rings. The molecule has 5 nitrogen and oxygen atoms in total. The number of amides is 1. The van der Waals surface area contributed by atoms with Crippen molar-refractivity contribution in [2.75, 3.05) is 5.32 Å². The predicted molar refractivity (Wildman–Crippen MR) is 114 cm³/mol. The van der Waals surface area contributed by atoms with Gasteiger partial charge in [0, 0.05) is 23.8 Å². The van der Waals surface area contributed by atoms with Gasteiger partial charge in [-0.15, -0.1) is 23.7 Å². The van der Waals surface area contributed by atoms with Crippen molar-refractivity contribution in [1.82, 2.24) is 4.57 Å². The quantitative estimate of drug-likeness (QED) is 0.642. The van der Waals surface area contributed by atoms with Crippen LogP contribution < -0.4 is 14.9 Å². The Morgan fingerprint density at radius 1 is 1.14 bits per heavy atom. The molecule has 1 amide bonds. The lowest BCUT2D eigenvalue weighted by molar-refractivity contribution is -0.115. The molecule has 7 heteroatoms. The van der Waals surface area contributed by atoms with Gasteiger partial charge in [0.05, 0.1) is 12.5 Å². The number of aromatic nitrogens is 1. The van der Waals surface area contributed by atoms with E-state index in [4.69, 9.17) is 4.74 Å². The molecule has 0 aliphatic heterocycles. The van der Waals surface area contributed by atoms with Crippen molar-refractivity contribution in [3.05, 3.63) is 70.5 Å². The van der Waals surface area contributed by atoms with E-state index in [0.29, 0.717) is 12.5 Å². The number of nitrogens with one attached hydrogen (secondary N) is 1. The number of anilines is 1. The van der Waals surface area contributed by atoms with Crippen molar-refractivity contribution in [2.45, 2.75) is 25.3 Å². The molecule has 146 valence electrons. The van der Waals surface area contributed by atoms with Crippen LogP contribution in [0.5, 0.6) is 11.5 Å². The van der Waals surface area contributed by atoms with E-state index in [1.54, 1.807) is 11.3 Å². The van der Waals surface area contributed by atoms with Crippen LogP contribution in [0.1, 0.15) is 18.5 Å². The highest BCUT2D eigenvalue weighted by Gasteiger charge is 2.20. The van der Waals surface area contributed by atoms with Crippen LogP contribution in [-0.4, -0.2) is 16.5 Å². The minimum absolute atomic E-state index is 0. The summed E-state index contributed by atoms with van der Waals surface area (Å²) in [6.07, 6.45) is 2.69. The molecule has 1 aromatic heterocycles. The summed E-state index contributed by atoms with van der Waals surface area (Å²) in [6, 6.07) is 17.5. The van der Waals surface area contributed by atoms with E-state index >= 15 is 0 Å². The number of carbonyl (C=O) groups is 1. The molecule has 0 bridgehead atoms. The van der Waals surface area contributed by atoms with Crippen LogP contribution in [0.25, 0.3) is 0 Å². The molecule has 1 heterocycles. The monoisotopic (exact) mass is 415 g/mol. The summed E-state index contributed by atoms with van der Waals surface area (Å²) in [5.41, 5.74) is 1.72. The van der Waals surface area contributed by atoms with Crippen LogP contribution in [0.15, 0.2) is 65.0 Å². The normalized spacial score (nSPS) is 13.7. The summed E-state index contributed by atoms with van der Waals surface area (Å²) in [5.74, 6) is 1.47. The number of hydrogen-bond acceptors (Lipinski definition) is 4. The zero-order chi connectivity index (χ0) is 18.6. The fraction of sp³-hybridized carbons (Fsp3) is 0.238. The summed E-state index contributed by atoms with van der Waals surface area (Å²) in [5, 5.41) is 4.95. The van der Waals surface area contributed by atoms with Gasteiger partial charge in [-0.25, -0.2) is 0 Å². The van der Waals surface area contributed by atoms with Crippen LogP contribution >= 0.6 is 23.7 Å². The molecule has 1 aliphatic carbocycles. The molecule has 28 heavy (non-hydrogen) atoms. The third-order valence-corrected chi connectivity index (χ3v) is 5.30. The Kier molecular flexibility index (Phi) is 6.54. The molecular formula is C21H22ClN3O2S. The van der Waals surface area contributed by atoms with Crippen LogP contribution in [-0.2, 0) is 18.3 Å². The fourth-order valence-corrected chi connectivity index (χ4v) is 3.61. The second kappa shape index (κ2) is 9.08. The third-order valence-electron chi connectivity index (χ3n) is 4.32. The van der Waals surface area contributed by atoms with Gasteiger partial charge in [-0.3, -0.25) is 9.79 Å². The second-order valence-corrected chi connectivity index (χ2v) is 7.43. The first-order chi connectivity index (χ1) is 13.2. The molecule has 2 aromatic carbocycles. The van der Waals surface area contributed by atoms with Crippen molar-refractivity contribution >= 4 is 35.3 Å². The number of thiazole rings is 1.